The van der Waals surface area contributed by atoms with E-state index < -0.39 is 41.9 Å². The third-order valence-electron chi connectivity index (χ3n) is 4.11. The molecule has 1 aliphatic heterocycles. The molecular formula is C15H23N3O6. The second-order valence-corrected chi connectivity index (χ2v) is 5.80. The summed E-state index contributed by atoms with van der Waals surface area (Å²) < 4.78 is 12.6. The lowest BCUT2D eigenvalue weighted by Gasteiger charge is -2.25. The number of rotatable bonds is 5. The van der Waals surface area contributed by atoms with Crippen molar-refractivity contribution in [3.05, 3.63) is 32.6 Å². The van der Waals surface area contributed by atoms with Crippen molar-refractivity contribution in [2.75, 3.05) is 7.05 Å². The predicted octanol–water partition coefficient (Wildman–Crippen LogP) is -0.967. The zero-order valence-electron chi connectivity index (χ0n) is 14.1. The van der Waals surface area contributed by atoms with Gasteiger partial charge in [-0.05, 0) is 20.3 Å². The van der Waals surface area contributed by atoms with Crippen LogP contribution in [0, 0.1) is 6.92 Å². The molecule has 24 heavy (non-hydrogen) atoms. The van der Waals surface area contributed by atoms with Crippen LogP contribution in [0.15, 0.2) is 15.8 Å². The Balaban J connectivity index is 2.38. The summed E-state index contributed by atoms with van der Waals surface area (Å²) in [5.41, 5.74) is -0.829. The van der Waals surface area contributed by atoms with Gasteiger partial charge in [-0.1, -0.05) is 6.92 Å². The Morgan fingerprint density at radius 2 is 2.21 bits per heavy atom. The van der Waals surface area contributed by atoms with Gasteiger partial charge in [-0.2, -0.15) is 0 Å². The van der Waals surface area contributed by atoms with E-state index >= 15 is 0 Å². The van der Waals surface area contributed by atoms with E-state index in [9.17, 15) is 19.5 Å². The highest BCUT2D eigenvalue weighted by atomic mass is 16.6. The van der Waals surface area contributed by atoms with Gasteiger partial charge < -0.3 is 19.9 Å². The molecule has 5 atom stereocenters. The highest BCUT2D eigenvalue weighted by Crippen LogP contribution is 2.33. The van der Waals surface area contributed by atoms with E-state index in [0.29, 0.717) is 12.0 Å². The minimum Gasteiger partial charge on any atom is -0.388 e. The second-order valence-electron chi connectivity index (χ2n) is 5.80. The number of nitrogens with one attached hydrogen (secondary N) is 2. The fourth-order valence-corrected chi connectivity index (χ4v) is 2.70. The summed E-state index contributed by atoms with van der Waals surface area (Å²) >= 11 is 0. The maximum atomic E-state index is 12.1. The molecule has 1 aliphatic rings. The van der Waals surface area contributed by atoms with Gasteiger partial charge in [0.05, 0.1) is 6.10 Å². The van der Waals surface area contributed by atoms with Gasteiger partial charge in [-0.15, -0.1) is 0 Å². The Labute approximate surface area is 138 Å². The molecule has 0 aromatic carbocycles. The van der Waals surface area contributed by atoms with Crippen LogP contribution in [0.1, 0.15) is 32.1 Å². The molecule has 0 aliphatic carbocycles. The number of aliphatic hydroxyl groups is 1. The quantitative estimate of drug-likeness (QED) is 0.633. The molecule has 0 spiro atoms. The molecule has 2 heterocycles. The molecule has 9 nitrogen and oxygen atoms in total. The number of aromatic nitrogens is 2. The molecule has 134 valence electrons. The summed E-state index contributed by atoms with van der Waals surface area (Å²) in [6, 6.07) is 0. The molecular weight excluding hydrogens is 318 g/mol. The second kappa shape index (κ2) is 7.29. The Bertz CT molecular complexity index is 712. The third kappa shape index (κ3) is 3.42. The number of H-pyrrole nitrogens is 1. The summed E-state index contributed by atoms with van der Waals surface area (Å²) in [4.78, 5) is 37.5. The molecule has 9 heteroatoms. The Morgan fingerprint density at radius 3 is 2.79 bits per heavy atom. The van der Waals surface area contributed by atoms with Crippen LogP contribution in [0.5, 0.6) is 0 Å². The van der Waals surface area contributed by atoms with Crippen molar-refractivity contribution in [1.29, 1.82) is 0 Å². The van der Waals surface area contributed by atoms with Crippen molar-refractivity contribution in [3.8, 4) is 0 Å². The fourth-order valence-electron chi connectivity index (χ4n) is 2.70. The van der Waals surface area contributed by atoms with E-state index in [1.165, 1.54) is 17.8 Å². The monoisotopic (exact) mass is 341 g/mol. The molecule has 1 aromatic heterocycles. The van der Waals surface area contributed by atoms with Crippen LogP contribution in [-0.2, 0) is 14.3 Å². The summed E-state index contributed by atoms with van der Waals surface area (Å²) in [7, 11) is 1.48. The van der Waals surface area contributed by atoms with Gasteiger partial charge in [-0.25, -0.2) is 4.79 Å². The maximum Gasteiger partial charge on any atom is 0.330 e. The standard InChI is InChI=1S/C15H23N3O6/c1-5-9-10(19)11(23-8(3)13(21)16-4)14(24-9)18-6-7(2)12(20)17-15(18)22/h6,8-11,14,19H,5H2,1-4H3,(H,16,21)(H,17,20,22)/t8?,9-,10+,11?,14-/m1/s1. The first-order valence-electron chi connectivity index (χ1n) is 7.82. The van der Waals surface area contributed by atoms with Crippen molar-refractivity contribution in [2.24, 2.45) is 0 Å². The SMILES string of the molecule is CC[C@H]1O[C@@H](n2cc(C)c(=O)[nH]c2=O)C(OC(C)C(=O)NC)[C@H]1O. The van der Waals surface area contributed by atoms with Crippen molar-refractivity contribution in [1.82, 2.24) is 14.9 Å². The van der Waals surface area contributed by atoms with Gasteiger partial charge in [0.25, 0.3) is 5.56 Å². The summed E-state index contributed by atoms with van der Waals surface area (Å²) in [6.07, 6.45) is -2.40. The number of amides is 1. The maximum absolute atomic E-state index is 12.1. The zero-order valence-corrected chi connectivity index (χ0v) is 14.1. The lowest BCUT2D eigenvalue weighted by atomic mass is 10.1. The van der Waals surface area contributed by atoms with Crippen LogP contribution >= 0.6 is 0 Å². The van der Waals surface area contributed by atoms with Crippen molar-refractivity contribution < 1.29 is 19.4 Å². The number of carbonyl (C=O) groups is 1. The highest BCUT2D eigenvalue weighted by Gasteiger charge is 2.46. The molecule has 2 unspecified atom stereocenters. The van der Waals surface area contributed by atoms with E-state index in [2.05, 4.69) is 10.3 Å². The number of aromatic amines is 1. The van der Waals surface area contributed by atoms with Crippen LogP contribution in [0.2, 0.25) is 0 Å². The number of hydrogen-bond donors (Lipinski definition) is 3. The lowest BCUT2D eigenvalue weighted by Crippen LogP contribution is -2.43. The fraction of sp³-hybridized carbons (Fsp3) is 0.667. The minimum absolute atomic E-state index is 0.325. The van der Waals surface area contributed by atoms with Crippen LogP contribution in [0.3, 0.4) is 0 Å². The van der Waals surface area contributed by atoms with Gasteiger partial charge >= 0.3 is 5.69 Å². The van der Waals surface area contributed by atoms with Gasteiger partial charge in [0, 0.05) is 18.8 Å². The van der Waals surface area contributed by atoms with Crippen LogP contribution < -0.4 is 16.6 Å². The summed E-state index contributed by atoms with van der Waals surface area (Å²) in [6.45, 7) is 4.93. The lowest BCUT2D eigenvalue weighted by molar-refractivity contribution is -0.144. The van der Waals surface area contributed by atoms with E-state index in [4.69, 9.17) is 9.47 Å². The molecule has 2 rings (SSSR count). The van der Waals surface area contributed by atoms with Crippen LogP contribution in [0.4, 0.5) is 0 Å². The van der Waals surface area contributed by atoms with Crippen LogP contribution in [0.25, 0.3) is 0 Å². The van der Waals surface area contributed by atoms with Gasteiger partial charge in [0.15, 0.2) is 6.23 Å². The van der Waals surface area contributed by atoms with Crippen molar-refractivity contribution in [3.63, 3.8) is 0 Å². The Hall–Kier alpha value is -1.97. The van der Waals surface area contributed by atoms with E-state index in [1.807, 2.05) is 6.92 Å². The number of hydrogen-bond acceptors (Lipinski definition) is 6. The molecule has 0 saturated carbocycles. The van der Waals surface area contributed by atoms with Crippen molar-refractivity contribution >= 4 is 5.91 Å². The molecule has 1 amide bonds. The van der Waals surface area contributed by atoms with Crippen LogP contribution in [-0.4, -0.2) is 52.0 Å². The Morgan fingerprint density at radius 1 is 1.54 bits per heavy atom. The molecule has 1 aromatic rings. The average Bonchev–Trinajstić information content (AvgIpc) is 2.86. The number of likely N-dealkylation sites (N-methyl/N-ethyl adjacent to an activating group) is 1. The number of carbonyl (C=O) groups excluding carboxylic acids is 1. The largest absolute Gasteiger partial charge is 0.388 e. The first-order chi connectivity index (χ1) is 11.3. The third-order valence-corrected chi connectivity index (χ3v) is 4.11. The number of aliphatic hydroxyl groups excluding tert-OH is 1. The molecule has 0 radical (unpaired) electrons. The average molecular weight is 341 g/mol. The van der Waals surface area contributed by atoms with E-state index in [-0.39, 0.29) is 5.91 Å². The number of aryl methyl sites for hydroxylation is 1. The van der Waals surface area contributed by atoms with E-state index in [1.54, 1.807) is 13.8 Å². The van der Waals surface area contributed by atoms with Gasteiger partial charge in [-0.3, -0.25) is 19.1 Å². The Kier molecular flexibility index (Phi) is 5.58. The van der Waals surface area contributed by atoms with Crippen molar-refractivity contribution in [2.45, 2.75) is 57.8 Å². The molecule has 0 bridgehead atoms. The zero-order chi connectivity index (χ0) is 18.0. The molecule has 1 fully saturated rings. The summed E-state index contributed by atoms with van der Waals surface area (Å²) in [5.74, 6) is -0.356. The van der Waals surface area contributed by atoms with E-state index in [0.717, 1.165) is 0 Å². The predicted molar refractivity (Wildman–Crippen MR) is 84.7 cm³/mol. The first-order valence-corrected chi connectivity index (χ1v) is 7.82. The number of ether oxygens (including phenoxy) is 2. The molecule has 3 N–H and O–H groups in total. The minimum atomic E-state index is -1.01. The van der Waals surface area contributed by atoms with Gasteiger partial charge in [0.2, 0.25) is 5.91 Å². The smallest absolute Gasteiger partial charge is 0.330 e. The highest BCUT2D eigenvalue weighted by molar-refractivity contribution is 5.79. The number of nitrogens with zero attached hydrogens (tertiary/aromatic N) is 1. The van der Waals surface area contributed by atoms with Gasteiger partial charge in [0.1, 0.15) is 18.3 Å². The first kappa shape index (κ1) is 18.4. The molecule has 1 saturated heterocycles. The summed E-state index contributed by atoms with van der Waals surface area (Å²) in [5, 5.41) is 12.9. The normalized spacial score (nSPS) is 27.9. The topological polar surface area (TPSA) is 123 Å².